The molecule has 2 N–H and O–H groups in total. The van der Waals surface area contributed by atoms with Crippen LogP contribution in [0.1, 0.15) is 26.7 Å². The summed E-state index contributed by atoms with van der Waals surface area (Å²) in [5.41, 5.74) is -0.213. The predicted octanol–water partition coefficient (Wildman–Crippen LogP) is 2.17. The fourth-order valence-corrected chi connectivity index (χ4v) is 4.06. The zero-order chi connectivity index (χ0) is 20.9. The van der Waals surface area contributed by atoms with E-state index in [0.29, 0.717) is 32.0 Å². The molecule has 0 bridgehead atoms. The summed E-state index contributed by atoms with van der Waals surface area (Å²) in [4.78, 5) is 5.91. The normalized spacial score (nSPS) is 18.4. The minimum atomic E-state index is -3.00. The quantitative estimate of drug-likeness (QED) is 0.526. The highest BCUT2D eigenvalue weighted by atomic mass is 32.2. The smallest absolute Gasteiger partial charge is 0.191 e. The molecule has 1 heterocycles. The van der Waals surface area contributed by atoms with Crippen LogP contribution >= 0.6 is 0 Å². The number of nitrogens with zero attached hydrogens (tertiary/aromatic N) is 2. The molecule has 28 heavy (non-hydrogen) atoms. The van der Waals surface area contributed by atoms with Crippen molar-refractivity contribution in [3.05, 3.63) is 29.8 Å². The van der Waals surface area contributed by atoms with E-state index in [-0.39, 0.29) is 22.9 Å². The molecule has 1 unspecified atom stereocenters. The molecule has 1 fully saturated rings. The van der Waals surface area contributed by atoms with E-state index in [1.54, 1.807) is 11.9 Å². The summed E-state index contributed by atoms with van der Waals surface area (Å²) in [6.07, 6.45) is 2.51. The fourth-order valence-electron chi connectivity index (χ4n) is 3.13. The van der Waals surface area contributed by atoms with E-state index in [1.165, 1.54) is 24.5 Å². The molecular formula is C19H30F2N4O2S. The largest absolute Gasteiger partial charge is 0.365 e. The van der Waals surface area contributed by atoms with Crippen LogP contribution in [-0.2, 0) is 9.84 Å². The maximum Gasteiger partial charge on any atom is 0.191 e. The Morgan fingerprint density at radius 3 is 2.54 bits per heavy atom. The van der Waals surface area contributed by atoms with E-state index in [4.69, 9.17) is 0 Å². The van der Waals surface area contributed by atoms with Crippen molar-refractivity contribution in [1.29, 1.82) is 0 Å². The standard InChI is InChI=1S/C19H30F2N4O2S/c1-19(2,9-11-28(4,26)27)13-23-18(22-3)24-14-8-10-25(12-14)17-15(20)6-5-7-16(17)21/h5-7,14H,8-13H2,1-4H3,(H2,22,23,24). The molecule has 1 aromatic carbocycles. The molecule has 0 aromatic heterocycles. The Morgan fingerprint density at radius 1 is 1.32 bits per heavy atom. The summed E-state index contributed by atoms with van der Waals surface area (Å²) in [6.45, 7) is 5.57. The Hall–Kier alpha value is -1.90. The monoisotopic (exact) mass is 416 g/mol. The number of guanidine groups is 1. The van der Waals surface area contributed by atoms with Gasteiger partial charge in [0, 0.05) is 39.0 Å². The van der Waals surface area contributed by atoms with Gasteiger partial charge in [-0.25, -0.2) is 17.2 Å². The van der Waals surface area contributed by atoms with E-state index in [2.05, 4.69) is 15.6 Å². The molecule has 1 saturated heterocycles. The van der Waals surface area contributed by atoms with Gasteiger partial charge in [0.2, 0.25) is 0 Å². The number of sulfone groups is 1. The molecule has 2 rings (SSSR count). The SMILES string of the molecule is CN=C(NCC(C)(C)CCS(C)(=O)=O)NC1CCN(c2c(F)cccc2F)C1. The van der Waals surface area contributed by atoms with Gasteiger partial charge >= 0.3 is 0 Å². The second-order valence-electron chi connectivity index (χ2n) is 8.12. The van der Waals surface area contributed by atoms with Crippen molar-refractivity contribution < 1.29 is 17.2 Å². The van der Waals surface area contributed by atoms with Gasteiger partial charge < -0.3 is 15.5 Å². The van der Waals surface area contributed by atoms with Crippen molar-refractivity contribution in [2.45, 2.75) is 32.7 Å². The van der Waals surface area contributed by atoms with Crippen molar-refractivity contribution in [3.63, 3.8) is 0 Å². The molecule has 1 aliphatic rings. The van der Waals surface area contributed by atoms with Gasteiger partial charge in [0.1, 0.15) is 27.2 Å². The first-order valence-electron chi connectivity index (χ1n) is 9.34. The summed E-state index contributed by atoms with van der Waals surface area (Å²) in [7, 11) is -1.35. The Kier molecular flexibility index (Phi) is 7.25. The Labute approximate surface area is 166 Å². The summed E-state index contributed by atoms with van der Waals surface area (Å²) in [5.74, 6) is -0.390. The zero-order valence-electron chi connectivity index (χ0n) is 16.9. The summed E-state index contributed by atoms with van der Waals surface area (Å²) in [6, 6.07) is 3.89. The number of aliphatic imine (C=N–C) groups is 1. The highest BCUT2D eigenvalue weighted by Gasteiger charge is 2.28. The lowest BCUT2D eigenvalue weighted by Crippen LogP contribution is -2.47. The number of anilines is 1. The molecule has 0 radical (unpaired) electrons. The Bertz CT molecular complexity index is 792. The van der Waals surface area contributed by atoms with Crippen molar-refractivity contribution in [2.24, 2.45) is 10.4 Å². The van der Waals surface area contributed by atoms with Crippen LogP contribution < -0.4 is 15.5 Å². The van der Waals surface area contributed by atoms with Crippen LogP contribution in [0.5, 0.6) is 0 Å². The molecule has 1 atom stereocenters. The lowest BCUT2D eigenvalue weighted by Gasteiger charge is -2.27. The zero-order valence-corrected chi connectivity index (χ0v) is 17.7. The van der Waals surface area contributed by atoms with Gasteiger partial charge in [0.25, 0.3) is 0 Å². The van der Waals surface area contributed by atoms with E-state index < -0.39 is 21.5 Å². The van der Waals surface area contributed by atoms with Crippen molar-refractivity contribution in [3.8, 4) is 0 Å². The van der Waals surface area contributed by atoms with Crippen LogP contribution in [0.25, 0.3) is 0 Å². The van der Waals surface area contributed by atoms with Gasteiger partial charge in [-0.1, -0.05) is 19.9 Å². The molecule has 1 aromatic rings. The molecule has 1 aliphatic heterocycles. The van der Waals surface area contributed by atoms with Crippen molar-refractivity contribution >= 4 is 21.5 Å². The third-order valence-electron chi connectivity index (χ3n) is 4.89. The molecule has 0 saturated carbocycles. The highest BCUT2D eigenvalue weighted by Crippen LogP contribution is 2.26. The number of halogens is 2. The molecule has 9 heteroatoms. The molecule has 158 valence electrons. The third kappa shape index (κ3) is 6.61. The van der Waals surface area contributed by atoms with Crippen molar-refractivity contribution in [1.82, 2.24) is 10.6 Å². The maximum atomic E-state index is 14.0. The lowest BCUT2D eigenvalue weighted by atomic mass is 9.90. The molecule has 0 amide bonds. The van der Waals surface area contributed by atoms with Crippen LogP contribution in [0.3, 0.4) is 0 Å². The number of rotatable bonds is 7. The number of hydrogen-bond acceptors (Lipinski definition) is 4. The lowest BCUT2D eigenvalue weighted by molar-refractivity contribution is 0.348. The second-order valence-corrected chi connectivity index (χ2v) is 10.4. The summed E-state index contributed by atoms with van der Waals surface area (Å²) >= 11 is 0. The first kappa shape index (κ1) is 22.4. The molecule has 6 nitrogen and oxygen atoms in total. The van der Waals surface area contributed by atoms with Gasteiger partial charge in [-0.3, -0.25) is 4.99 Å². The number of para-hydroxylation sites is 1. The van der Waals surface area contributed by atoms with E-state index in [1.807, 2.05) is 13.8 Å². The Morgan fingerprint density at radius 2 is 1.96 bits per heavy atom. The first-order valence-corrected chi connectivity index (χ1v) is 11.4. The number of hydrogen-bond donors (Lipinski definition) is 2. The Balaban J connectivity index is 1.89. The van der Waals surface area contributed by atoms with Gasteiger partial charge in [0.15, 0.2) is 5.96 Å². The first-order chi connectivity index (χ1) is 13.0. The van der Waals surface area contributed by atoms with E-state index in [0.717, 1.165) is 6.42 Å². The highest BCUT2D eigenvalue weighted by molar-refractivity contribution is 7.90. The number of benzene rings is 1. The van der Waals surface area contributed by atoms with Crippen LogP contribution in [0, 0.1) is 17.0 Å². The van der Waals surface area contributed by atoms with Crippen LogP contribution in [-0.4, -0.2) is 59.1 Å². The van der Waals surface area contributed by atoms with Crippen LogP contribution in [0.15, 0.2) is 23.2 Å². The van der Waals surface area contributed by atoms with Crippen LogP contribution in [0.2, 0.25) is 0 Å². The van der Waals surface area contributed by atoms with E-state index in [9.17, 15) is 17.2 Å². The van der Waals surface area contributed by atoms with Crippen molar-refractivity contribution in [2.75, 3.05) is 43.6 Å². The average Bonchev–Trinajstić information content (AvgIpc) is 3.04. The molecule has 0 spiro atoms. The van der Waals surface area contributed by atoms with Crippen LogP contribution in [0.4, 0.5) is 14.5 Å². The summed E-state index contributed by atoms with van der Waals surface area (Å²) < 4.78 is 50.7. The topological polar surface area (TPSA) is 73.8 Å². The summed E-state index contributed by atoms with van der Waals surface area (Å²) in [5, 5.41) is 6.51. The third-order valence-corrected chi connectivity index (χ3v) is 5.84. The molecular weight excluding hydrogens is 386 g/mol. The van der Waals surface area contributed by atoms with Gasteiger partial charge in [-0.15, -0.1) is 0 Å². The minimum absolute atomic E-state index is 0.00402. The average molecular weight is 417 g/mol. The van der Waals surface area contributed by atoms with Gasteiger partial charge in [-0.05, 0) is 30.4 Å². The fraction of sp³-hybridized carbons (Fsp3) is 0.632. The maximum absolute atomic E-state index is 14.0. The number of nitrogens with one attached hydrogen (secondary N) is 2. The minimum Gasteiger partial charge on any atom is -0.365 e. The second kappa shape index (κ2) is 9.07. The van der Waals surface area contributed by atoms with E-state index >= 15 is 0 Å². The predicted molar refractivity (Wildman–Crippen MR) is 110 cm³/mol. The molecule has 0 aliphatic carbocycles. The van der Waals surface area contributed by atoms with Gasteiger partial charge in [-0.2, -0.15) is 0 Å². The van der Waals surface area contributed by atoms with Gasteiger partial charge in [0.05, 0.1) is 5.75 Å².